The first kappa shape index (κ1) is 27.2. The van der Waals surface area contributed by atoms with E-state index in [9.17, 15) is 34.5 Å². The smallest absolute Gasteiger partial charge is 0.233 e. The van der Waals surface area contributed by atoms with E-state index in [-0.39, 0.29) is 24.2 Å². The zero-order valence-corrected chi connectivity index (χ0v) is 22.4. The van der Waals surface area contributed by atoms with Crippen molar-refractivity contribution in [1.29, 1.82) is 0 Å². The Morgan fingerprint density at radius 1 is 1.08 bits per heavy atom. The third kappa shape index (κ3) is 4.06. The molecule has 0 heterocycles. The van der Waals surface area contributed by atoms with Crippen LogP contribution in [-0.2, 0) is 20.8 Å². The Morgan fingerprint density at radius 2 is 1.70 bits per heavy atom. The zero-order chi connectivity index (χ0) is 27.8. The number of carbonyl (C=O) groups excluding carboxylic acids is 4. The van der Waals surface area contributed by atoms with Gasteiger partial charge in [0, 0.05) is 37.3 Å². The van der Waals surface area contributed by atoms with Gasteiger partial charge < -0.3 is 30.4 Å². The highest BCUT2D eigenvalue weighted by Gasteiger charge is 2.69. The zero-order valence-electron chi connectivity index (χ0n) is 22.4. The Hall–Kier alpha value is -2.82. The highest BCUT2D eigenvalue weighted by Crippen LogP contribution is 2.52. The van der Waals surface area contributed by atoms with Gasteiger partial charge in [-0.15, -0.1) is 0 Å². The Morgan fingerprint density at radius 3 is 2.24 bits per heavy atom. The van der Waals surface area contributed by atoms with E-state index in [0.717, 1.165) is 5.69 Å². The van der Waals surface area contributed by atoms with Gasteiger partial charge in [-0.25, -0.2) is 0 Å². The quantitative estimate of drug-likeness (QED) is 0.413. The molecular formula is C27H37N3O7. The van der Waals surface area contributed by atoms with E-state index < -0.39 is 70.2 Å². The van der Waals surface area contributed by atoms with Crippen LogP contribution in [0.25, 0.3) is 0 Å². The minimum Gasteiger partial charge on any atom is -0.507 e. The van der Waals surface area contributed by atoms with Gasteiger partial charge in [0.2, 0.25) is 5.91 Å². The second kappa shape index (κ2) is 8.89. The number of rotatable bonds is 3. The molecule has 1 amide bonds. The van der Waals surface area contributed by atoms with Crippen LogP contribution < -0.4 is 10.2 Å². The molecule has 0 radical (unpaired) electrons. The normalized spacial score (nSPS) is 33.5. The maximum Gasteiger partial charge on any atom is 0.233 e. The molecule has 2 fully saturated rings. The van der Waals surface area contributed by atoms with Crippen molar-refractivity contribution >= 4 is 28.9 Å². The number of Topliss-reactive ketones (excluding diaryl/α,β-unsaturated/α-hetero) is 3. The van der Waals surface area contributed by atoms with Gasteiger partial charge in [0.15, 0.2) is 23.0 Å². The maximum absolute atomic E-state index is 14.0. The second-order valence-corrected chi connectivity index (χ2v) is 12.2. The molecule has 3 aliphatic carbocycles. The standard InChI is InChI=1S/C27H37N3O7/c1-26(2,3)28-25(36)19-22(33)20(30(6)7)14-11-12-10-13-15(29(4)5)8-9-16(31)18(13)21(32)17(12)23(34)27(14,37)24(19)35/h8-9,12,14,17,19-20,22,31,33,37H,10-11H2,1-7H3,(H,28,36)/t12-,14-,17?,19?,20-,22?,27-/m0/s1. The van der Waals surface area contributed by atoms with Gasteiger partial charge in [0.05, 0.1) is 17.6 Å². The van der Waals surface area contributed by atoms with E-state index in [4.69, 9.17) is 0 Å². The van der Waals surface area contributed by atoms with E-state index in [1.165, 1.54) is 6.07 Å². The molecule has 4 rings (SSSR count). The number of aliphatic hydroxyl groups excluding tert-OH is 1. The molecule has 0 aliphatic heterocycles. The van der Waals surface area contributed by atoms with Crippen molar-refractivity contribution < 1.29 is 34.5 Å². The number of anilines is 1. The second-order valence-electron chi connectivity index (χ2n) is 12.2. The summed E-state index contributed by atoms with van der Waals surface area (Å²) < 4.78 is 0. The van der Waals surface area contributed by atoms with Crippen molar-refractivity contribution in [2.24, 2.45) is 23.7 Å². The number of carbonyl (C=O) groups is 4. The number of amides is 1. The van der Waals surface area contributed by atoms with Crippen LogP contribution in [0.15, 0.2) is 12.1 Å². The van der Waals surface area contributed by atoms with Crippen molar-refractivity contribution in [2.75, 3.05) is 33.1 Å². The van der Waals surface area contributed by atoms with Crippen molar-refractivity contribution in [3.63, 3.8) is 0 Å². The van der Waals surface area contributed by atoms with E-state index >= 15 is 0 Å². The topological polar surface area (TPSA) is 147 Å². The molecule has 0 aromatic heterocycles. The number of fused-ring (bicyclic) bond motifs is 3. The molecule has 3 aliphatic rings. The average Bonchev–Trinajstić information content (AvgIpc) is 2.74. The Labute approximate surface area is 216 Å². The predicted octanol–water partition coefficient (Wildman–Crippen LogP) is 0.154. The van der Waals surface area contributed by atoms with Crippen LogP contribution in [0.3, 0.4) is 0 Å². The number of nitrogens with one attached hydrogen (secondary N) is 1. The highest BCUT2D eigenvalue weighted by atomic mass is 16.3. The monoisotopic (exact) mass is 515 g/mol. The van der Waals surface area contributed by atoms with Crippen LogP contribution in [0.2, 0.25) is 0 Å². The van der Waals surface area contributed by atoms with Crippen LogP contribution in [0.4, 0.5) is 5.69 Å². The van der Waals surface area contributed by atoms with Crippen LogP contribution in [0.1, 0.15) is 43.1 Å². The molecule has 4 N–H and O–H groups in total. The lowest BCUT2D eigenvalue weighted by molar-refractivity contribution is -0.191. The number of aliphatic hydroxyl groups is 2. The number of hydrogen-bond acceptors (Lipinski definition) is 9. The maximum atomic E-state index is 14.0. The summed E-state index contributed by atoms with van der Waals surface area (Å²) >= 11 is 0. The van der Waals surface area contributed by atoms with Crippen molar-refractivity contribution in [3.8, 4) is 5.75 Å². The third-order valence-electron chi connectivity index (χ3n) is 8.10. The largest absolute Gasteiger partial charge is 0.507 e. The van der Waals surface area contributed by atoms with Crippen molar-refractivity contribution in [1.82, 2.24) is 10.2 Å². The lowest BCUT2D eigenvalue weighted by atomic mass is 9.52. The fraction of sp³-hybridized carbons (Fsp3) is 0.630. The van der Waals surface area contributed by atoms with Gasteiger partial charge >= 0.3 is 0 Å². The SMILES string of the molecule is CN(C)c1ccc(O)c2c1C[C@H]1C[C@H]3[C@H](N(C)C)C(O)C(C(=O)NC(C)(C)C)C(=O)[C@@]3(O)C(=O)C1C2=O. The number of likely N-dealkylation sites (N-methyl/N-ethyl adjacent to an activating group) is 1. The van der Waals surface area contributed by atoms with Crippen molar-refractivity contribution in [2.45, 2.75) is 56.9 Å². The van der Waals surface area contributed by atoms with Crippen LogP contribution in [0, 0.1) is 23.7 Å². The van der Waals surface area contributed by atoms with Crippen LogP contribution in [-0.4, -0.2) is 95.0 Å². The molecule has 2 saturated carbocycles. The fourth-order valence-electron chi connectivity index (χ4n) is 6.65. The number of aromatic hydroxyl groups is 1. The first-order valence-corrected chi connectivity index (χ1v) is 12.6. The van der Waals surface area contributed by atoms with Gasteiger partial charge in [-0.2, -0.15) is 0 Å². The molecule has 0 saturated heterocycles. The molecule has 7 atom stereocenters. The highest BCUT2D eigenvalue weighted by molar-refractivity contribution is 6.25. The first-order valence-electron chi connectivity index (χ1n) is 12.6. The molecule has 1 aromatic carbocycles. The number of phenolic OH excluding ortho intramolecular Hbond substituents is 1. The summed E-state index contributed by atoms with van der Waals surface area (Å²) in [4.78, 5) is 58.0. The van der Waals surface area contributed by atoms with Crippen LogP contribution in [0.5, 0.6) is 5.75 Å². The van der Waals surface area contributed by atoms with E-state index in [2.05, 4.69) is 5.32 Å². The molecule has 10 heteroatoms. The van der Waals surface area contributed by atoms with E-state index in [1.807, 2.05) is 19.0 Å². The molecule has 0 bridgehead atoms. The van der Waals surface area contributed by atoms with Crippen LogP contribution >= 0.6 is 0 Å². The van der Waals surface area contributed by atoms with E-state index in [0.29, 0.717) is 5.56 Å². The lowest BCUT2D eigenvalue weighted by Gasteiger charge is -2.55. The summed E-state index contributed by atoms with van der Waals surface area (Å²) in [6.07, 6.45) is -1.07. The first-order chi connectivity index (χ1) is 17.0. The van der Waals surface area contributed by atoms with Gasteiger partial charge in [-0.3, -0.25) is 19.2 Å². The summed E-state index contributed by atoms with van der Waals surface area (Å²) in [6.45, 7) is 5.15. The molecule has 37 heavy (non-hydrogen) atoms. The van der Waals surface area contributed by atoms with Gasteiger partial charge in [-0.05, 0) is 71.3 Å². The Kier molecular flexibility index (Phi) is 6.54. The summed E-state index contributed by atoms with van der Waals surface area (Å²) in [5.74, 6) is -8.32. The molecule has 0 spiro atoms. The predicted molar refractivity (Wildman–Crippen MR) is 135 cm³/mol. The van der Waals surface area contributed by atoms with E-state index in [1.54, 1.807) is 45.8 Å². The number of ketones is 3. The minimum atomic E-state index is -2.63. The number of nitrogens with zero attached hydrogens (tertiary/aromatic N) is 2. The lowest BCUT2D eigenvalue weighted by Crippen LogP contribution is -2.75. The Bertz CT molecular complexity index is 1170. The van der Waals surface area contributed by atoms with Gasteiger partial charge in [0.1, 0.15) is 11.7 Å². The molecule has 10 nitrogen and oxygen atoms in total. The molecular weight excluding hydrogens is 478 g/mol. The third-order valence-corrected chi connectivity index (χ3v) is 8.10. The fourth-order valence-corrected chi connectivity index (χ4v) is 6.65. The average molecular weight is 516 g/mol. The molecule has 3 unspecified atom stereocenters. The number of hydrogen-bond donors (Lipinski definition) is 4. The Balaban J connectivity index is 1.84. The molecule has 1 aromatic rings. The summed E-state index contributed by atoms with van der Waals surface area (Å²) in [5.41, 5.74) is -1.98. The van der Waals surface area contributed by atoms with Crippen molar-refractivity contribution in [3.05, 3.63) is 23.3 Å². The summed E-state index contributed by atoms with van der Waals surface area (Å²) in [7, 11) is 6.94. The number of benzene rings is 1. The minimum absolute atomic E-state index is 0.0253. The summed E-state index contributed by atoms with van der Waals surface area (Å²) in [6, 6.07) is 2.21. The van der Waals surface area contributed by atoms with Gasteiger partial charge in [-0.1, -0.05) is 0 Å². The summed E-state index contributed by atoms with van der Waals surface area (Å²) in [5, 5.41) is 36.4. The molecule has 202 valence electrons. The van der Waals surface area contributed by atoms with Gasteiger partial charge in [0.25, 0.3) is 0 Å². The number of phenols is 1.